The average Bonchev–Trinajstić information content (AvgIpc) is 2.76. The number of benzene rings is 1. The van der Waals surface area contributed by atoms with Crippen molar-refractivity contribution in [3.05, 3.63) is 39.4 Å². The first-order chi connectivity index (χ1) is 8.56. The van der Waals surface area contributed by atoms with E-state index in [1.807, 2.05) is 0 Å². The molecular weight excluding hydrogens is 256 g/mol. The van der Waals surface area contributed by atoms with Crippen molar-refractivity contribution in [3.8, 4) is 5.75 Å². The van der Waals surface area contributed by atoms with Crippen LogP contribution in [0.3, 0.4) is 0 Å². The molecular formula is C10H10N4O3S. The van der Waals surface area contributed by atoms with Crippen LogP contribution in [-0.2, 0) is 0 Å². The monoisotopic (exact) mass is 266 g/mol. The molecule has 0 bridgehead atoms. The summed E-state index contributed by atoms with van der Waals surface area (Å²) in [7, 11) is 0. The van der Waals surface area contributed by atoms with Gasteiger partial charge >= 0.3 is 0 Å². The highest BCUT2D eigenvalue weighted by atomic mass is 32.1. The number of nitro benzene ring substituents is 1. The summed E-state index contributed by atoms with van der Waals surface area (Å²) in [5.74, 6) is 0.530. The van der Waals surface area contributed by atoms with Crippen LogP contribution < -0.4 is 10.5 Å². The predicted molar refractivity (Wildman–Crippen MR) is 66.5 cm³/mol. The molecule has 0 amide bonds. The van der Waals surface area contributed by atoms with Gasteiger partial charge in [-0.05, 0) is 19.1 Å². The maximum atomic E-state index is 10.5. The van der Waals surface area contributed by atoms with Crippen LogP contribution in [0.25, 0.3) is 0 Å². The number of aromatic nitrogens is 2. The van der Waals surface area contributed by atoms with Crippen LogP contribution in [0.5, 0.6) is 5.75 Å². The van der Waals surface area contributed by atoms with Crippen LogP contribution in [0.2, 0.25) is 0 Å². The molecule has 1 aromatic carbocycles. The van der Waals surface area contributed by atoms with E-state index in [-0.39, 0.29) is 11.8 Å². The van der Waals surface area contributed by atoms with Crippen LogP contribution in [-0.4, -0.2) is 15.1 Å². The Kier molecular flexibility index (Phi) is 3.38. The third-order valence-electron chi connectivity index (χ3n) is 2.16. The largest absolute Gasteiger partial charge is 0.483 e. The molecule has 8 heteroatoms. The van der Waals surface area contributed by atoms with Gasteiger partial charge in [0, 0.05) is 12.1 Å². The van der Waals surface area contributed by atoms with Gasteiger partial charge in [-0.15, -0.1) is 10.2 Å². The molecule has 18 heavy (non-hydrogen) atoms. The van der Waals surface area contributed by atoms with Gasteiger partial charge < -0.3 is 10.5 Å². The molecule has 94 valence electrons. The van der Waals surface area contributed by atoms with Crippen LogP contribution in [0.4, 0.5) is 10.8 Å². The number of hydrogen-bond acceptors (Lipinski definition) is 7. The van der Waals surface area contributed by atoms with Gasteiger partial charge in [-0.3, -0.25) is 10.1 Å². The molecule has 0 aliphatic rings. The number of nitro groups is 1. The summed E-state index contributed by atoms with van der Waals surface area (Å²) in [6, 6.07) is 5.85. The summed E-state index contributed by atoms with van der Waals surface area (Å²) >= 11 is 1.25. The molecule has 0 aliphatic carbocycles. The first-order valence-corrected chi connectivity index (χ1v) is 5.88. The highest BCUT2D eigenvalue weighted by Crippen LogP contribution is 2.26. The van der Waals surface area contributed by atoms with Crippen molar-refractivity contribution in [1.29, 1.82) is 0 Å². The Morgan fingerprint density at radius 1 is 1.39 bits per heavy atom. The number of non-ortho nitro benzene ring substituents is 1. The normalized spacial score (nSPS) is 12.1. The molecule has 2 aromatic rings. The maximum absolute atomic E-state index is 10.5. The lowest BCUT2D eigenvalue weighted by molar-refractivity contribution is -0.384. The van der Waals surface area contributed by atoms with E-state index in [4.69, 9.17) is 10.5 Å². The second-order valence-electron chi connectivity index (χ2n) is 3.49. The Hall–Kier alpha value is -2.22. The van der Waals surface area contributed by atoms with Crippen molar-refractivity contribution in [1.82, 2.24) is 10.2 Å². The van der Waals surface area contributed by atoms with E-state index in [1.54, 1.807) is 19.1 Å². The maximum Gasteiger partial charge on any atom is 0.269 e. The topological polar surface area (TPSA) is 104 Å². The molecule has 0 spiro atoms. The summed E-state index contributed by atoms with van der Waals surface area (Å²) in [6.45, 7) is 1.81. The SMILES string of the molecule is CC(Oc1ccc([N+](=O)[O-])cc1)c1nnc(N)s1. The van der Waals surface area contributed by atoms with Gasteiger partial charge in [0.2, 0.25) is 5.13 Å². The Morgan fingerprint density at radius 3 is 2.56 bits per heavy atom. The van der Waals surface area contributed by atoms with E-state index in [9.17, 15) is 10.1 Å². The minimum Gasteiger partial charge on any atom is -0.483 e. The van der Waals surface area contributed by atoms with Crippen molar-refractivity contribution in [3.63, 3.8) is 0 Å². The van der Waals surface area contributed by atoms with Crippen molar-refractivity contribution >= 4 is 22.2 Å². The number of nitrogen functional groups attached to an aromatic ring is 1. The van der Waals surface area contributed by atoms with E-state index < -0.39 is 4.92 Å². The van der Waals surface area contributed by atoms with Gasteiger partial charge in [-0.25, -0.2) is 0 Å². The molecule has 0 aliphatic heterocycles. The van der Waals surface area contributed by atoms with Crippen molar-refractivity contribution in [2.24, 2.45) is 0 Å². The fourth-order valence-corrected chi connectivity index (χ4v) is 1.90. The lowest BCUT2D eigenvalue weighted by Crippen LogP contribution is -2.02. The number of anilines is 1. The van der Waals surface area contributed by atoms with E-state index in [1.165, 1.54) is 23.5 Å². The fourth-order valence-electron chi connectivity index (χ4n) is 1.31. The molecule has 2 rings (SSSR count). The van der Waals surface area contributed by atoms with Crippen LogP contribution in [0.1, 0.15) is 18.0 Å². The van der Waals surface area contributed by atoms with Crippen LogP contribution >= 0.6 is 11.3 Å². The van der Waals surface area contributed by atoms with E-state index in [2.05, 4.69) is 10.2 Å². The highest BCUT2D eigenvalue weighted by molar-refractivity contribution is 7.15. The lowest BCUT2D eigenvalue weighted by atomic mass is 10.3. The number of rotatable bonds is 4. The van der Waals surface area contributed by atoms with Gasteiger partial charge in [0.05, 0.1) is 4.92 Å². The molecule has 1 atom stereocenters. The predicted octanol–water partition coefficient (Wildman–Crippen LogP) is 2.17. The Labute approximate surface area is 106 Å². The van der Waals surface area contributed by atoms with Crippen LogP contribution in [0.15, 0.2) is 24.3 Å². The third kappa shape index (κ3) is 2.72. The van der Waals surface area contributed by atoms with Crippen molar-refractivity contribution < 1.29 is 9.66 Å². The average molecular weight is 266 g/mol. The first kappa shape index (κ1) is 12.2. The minimum absolute atomic E-state index is 0.0233. The van der Waals surface area contributed by atoms with Gasteiger partial charge in [-0.2, -0.15) is 0 Å². The van der Waals surface area contributed by atoms with Gasteiger partial charge in [0.15, 0.2) is 5.01 Å². The van der Waals surface area contributed by atoms with Crippen molar-refractivity contribution in [2.45, 2.75) is 13.0 Å². The lowest BCUT2D eigenvalue weighted by Gasteiger charge is -2.10. The molecule has 0 fully saturated rings. The van der Waals surface area contributed by atoms with Gasteiger partial charge in [0.25, 0.3) is 5.69 Å². The number of nitrogens with zero attached hydrogens (tertiary/aromatic N) is 3. The zero-order valence-corrected chi connectivity index (χ0v) is 10.3. The van der Waals surface area contributed by atoms with Crippen molar-refractivity contribution in [2.75, 3.05) is 5.73 Å². The standard InChI is InChI=1S/C10H10N4O3S/c1-6(9-12-13-10(11)18-9)17-8-4-2-7(3-5-8)14(15)16/h2-6H,1H3,(H2,11,13). The molecule has 0 saturated heterocycles. The Balaban J connectivity index is 2.07. The molecule has 2 N–H and O–H groups in total. The summed E-state index contributed by atoms with van der Waals surface area (Å²) in [5, 5.41) is 19.1. The number of hydrogen-bond donors (Lipinski definition) is 1. The molecule has 1 heterocycles. The molecule has 0 saturated carbocycles. The second-order valence-corrected chi connectivity index (χ2v) is 4.53. The van der Waals surface area contributed by atoms with Crippen LogP contribution in [0, 0.1) is 10.1 Å². The van der Waals surface area contributed by atoms with Gasteiger partial charge in [-0.1, -0.05) is 11.3 Å². The Bertz CT molecular complexity index is 555. The molecule has 7 nitrogen and oxygen atoms in total. The number of nitrogens with two attached hydrogens (primary N) is 1. The summed E-state index contributed by atoms with van der Waals surface area (Å²) < 4.78 is 5.58. The smallest absolute Gasteiger partial charge is 0.269 e. The van der Waals surface area contributed by atoms with E-state index >= 15 is 0 Å². The summed E-state index contributed by atoms with van der Waals surface area (Å²) in [5.41, 5.74) is 5.50. The van der Waals surface area contributed by atoms with E-state index in [0.29, 0.717) is 15.9 Å². The highest BCUT2D eigenvalue weighted by Gasteiger charge is 2.13. The third-order valence-corrected chi connectivity index (χ3v) is 3.08. The van der Waals surface area contributed by atoms with E-state index in [0.717, 1.165) is 0 Å². The molecule has 1 unspecified atom stereocenters. The zero-order chi connectivity index (χ0) is 13.1. The zero-order valence-electron chi connectivity index (χ0n) is 9.44. The minimum atomic E-state index is -0.460. The number of ether oxygens (including phenoxy) is 1. The first-order valence-electron chi connectivity index (χ1n) is 5.06. The quantitative estimate of drug-likeness (QED) is 0.671. The second kappa shape index (κ2) is 4.96. The Morgan fingerprint density at radius 2 is 2.06 bits per heavy atom. The molecule has 0 radical (unpaired) electrons. The summed E-state index contributed by atoms with van der Waals surface area (Å²) in [4.78, 5) is 10.0. The fraction of sp³-hybridized carbons (Fsp3) is 0.200. The van der Waals surface area contributed by atoms with Gasteiger partial charge in [0.1, 0.15) is 11.9 Å². The molecule has 1 aromatic heterocycles. The summed E-state index contributed by atoms with van der Waals surface area (Å²) in [6.07, 6.45) is -0.304.